The molecule has 2 bridgehead atoms. The first-order valence-electron chi connectivity index (χ1n) is 11.3. The molecule has 1 aromatic heterocycles. The van der Waals surface area contributed by atoms with Gasteiger partial charge in [-0.15, -0.1) is 11.3 Å². The second-order valence-electron chi connectivity index (χ2n) is 8.49. The highest BCUT2D eigenvalue weighted by Gasteiger charge is 2.34. The minimum absolute atomic E-state index is 0.0940. The van der Waals surface area contributed by atoms with Crippen molar-refractivity contribution in [2.75, 3.05) is 33.4 Å². The second-order valence-corrected chi connectivity index (χ2v) is 9.43. The van der Waals surface area contributed by atoms with Crippen LogP contribution in [0.4, 0.5) is 0 Å². The van der Waals surface area contributed by atoms with Gasteiger partial charge in [0, 0.05) is 37.2 Å². The van der Waals surface area contributed by atoms with Gasteiger partial charge < -0.3 is 14.4 Å². The monoisotopic (exact) mass is 443 g/mol. The second kappa shape index (κ2) is 10.6. The lowest BCUT2D eigenvalue weighted by atomic mass is 9.93. The fourth-order valence-electron chi connectivity index (χ4n) is 4.71. The SMILES string of the molecule is CO[C@@H]1CCCN2C(=O)c3cccc(c3)OCCN(Cc3scnc3C)CCCC[C@H]12. The van der Waals surface area contributed by atoms with E-state index in [4.69, 9.17) is 9.47 Å². The number of fused-ring (bicyclic) bond motifs is 3. The molecule has 0 unspecified atom stereocenters. The van der Waals surface area contributed by atoms with Crippen molar-refractivity contribution in [3.8, 4) is 5.75 Å². The Kier molecular flexibility index (Phi) is 7.58. The van der Waals surface area contributed by atoms with Gasteiger partial charge in [0.15, 0.2) is 0 Å². The summed E-state index contributed by atoms with van der Waals surface area (Å²) in [6.45, 7) is 6.26. The normalized spacial score (nSPS) is 23.7. The molecule has 168 valence electrons. The van der Waals surface area contributed by atoms with Gasteiger partial charge in [-0.2, -0.15) is 0 Å². The van der Waals surface area contributed by atoms with Crippen LogP contribution >= 0.6 is 11.3 Å². The Bertz CT molecular complexity index is 871. The Hall–Kier alpha value is -1.96. The molecule has 1 amide bonds. The lowest BCUT2D eigenvalue weighted by molar-refractivity contribution is -0.0156. The van der Waals surface area contributed by atoms with Crippen molar-refractivity contribution in [2.45, 2.75) is 57.7 Å². The van der Waals surface area contributed by atoms with E-state index in [9.17, 15) is 4.79 Å². The van der Waals surface area contributed by atoms with Crippen molar-refractivity contribution in [1.82, 2.24) is 14.8 Å². The van der Waals surface area contributed by atoms with Crippen LogP contribution in [0.25, 0.3) is 0 Å². The standard InChI is InChI=1S/C24H33N3O3S/c1-18-23(31-17-25-18)16-26-11-4-3-9-21-22(29-2)10-6-12-27(21)24(28)19-7-5-8-20(15-19)30-14-13-26/h5,7-8,15,17,21-22H,3-4,6,9-14,16H2,1-2H3/t21-,22-/m1/s1. The van der Waals surface area contributed by atoms with Crippen LogP contribution in [0, 0.1) is 6.92 Å². The summed E-state index contributed by atoms with van der Waals surface area (Å²) in [6, 6.07) is 7.77. The third-order valence-electron chi connectivity index (χ3n) is 6.47. The highest BCUT2D eigenvalue weighted by atomic mass is 32.1. The Balaban J connectivity index is 1.54. The van der Waals surface area contributed by atoms with Crippen LogP contribution in [0.1, 0.15) is 53.0 Å². The van der Waals surface area contributed by atoms with Crippen LogP contribution in [0.15, 0.2) is 29.8 Å². The number of carbonyl (C=O) groups is 1. The lowest BCUT2D eigenvalue weighted by Crippen LogP contribution is -2.51. The third-order valence-corrected chi connectivity index (χ3v) is 7.39. The summed E-state index contributed by atoms with van der Waals surface area (Å²) < 4.78 is 11.9. The first-order valence-corrected chi connectivity index (χ1v) is 12.2. The zero-order valence-corrected chi connectivity index (χ0v) is 19.4. The van der Waals surface area contributed by atoms with E-state index < -0.39 is 0 Å². The number of benzene rings is 1. The van der Waals surface area contributed by atoms with Gasteiger partial charge in [-0.25, -0.2) is 4.98 Å². The zero-order valence-electron chi connectivity index (χ0n) is 18.6. The fourth-order valence-corrected chi connectivity index (χ4v) is 5.53. The van der Waals surface area contributed by atoms with E-state index in [2.05, 4.69) is 16.8 Å². The summed E-state index contributed by atoms with van der Waals surface area (Å²) in [7, 11) is 1.78. The van der Waals surface area contributed by atoms with Crippen molar-refractivity contribution in [2.24, 2.45) is 0 Å². The number of methoxy groups -OCH3 is 1. The van der Waals surface area contributed by atoms with Gasteiger partial charge in [0.1, 0.15) is 12.4 Å². The molecule has 7 heteroatoms. The van der Waals surface area contributed by atoms with E-state index in [0.717, 1.165) is 69.7 Å². The summed E-state index contributed by atoms with van der Waals surface area (Å²) in [5.41, 5.74) is 3.75. The maximum Gasteiger partial charge on any atom is 0.254 e. The molecule has 31 heavy (non-hydrogen) atoms. The minimum Gasteiger partial charge on any atom is -0.492 e. The van der Waals surface area contributed by atoms with Gasteiger partial charge >= 0.3 is 0 Å². The van der Waals surface area contributed by atoms with Crippen LogP contribution in [0.5, 0.6) is 5.75 Å². The molecule has 0 radical (unpaired) electrons. The van der Waals surface area contributed by atoms with Crippen LogP contribution in [0.3, 0.4) is 0 Å². The Morgan fingerprint density at radius 1 is 1.19 bits per heavy atom. The first kappa shape index (κ1) is 22.2. The average Bonchev–Trinajstić information content (AvgIpc) is 3.19. The Morgan fingerprint density at radius 3 is 2.90 bits per heavy atom. The van der Waals surface area contributed by atoms with E-state index in [1.165, 1.54) is 4.88 Å². The largest absolute Gasteiger partial charge is 0.492 e. The number of nitrogens with zero attached hydrogens (tertiary/aromatic N) is 3. The predicted octanol–water partition coefficient (Wildman–Crippen LogP) is 4.14. The van der Waals surface area contributed by atoms with Gasteiger partial charge in [0.05, 0.1) is 23.4 Å². The molecule has 1 fully saturated rings. The van der Waals surface area contributed by atoms with Crippen molar-refractivity contribution in [1.29, 1.82) is 0 Å². The molecular formula is C24H33N3O3S. The predicted molar refractivity (Wildman–Crippen MR) is 123 cm³/mol. The number of ether oxygens (including phenoxy) is 2. The molecule has 3 heterocycles. The molecule has 2 atom stereocenters. The van der Waals surface area contributed by atoms with E-state index in [1.54, 1.807) is 18.4 Å². The number of thiazole rings is 1. The van der Waals surface area contributed by atoms with E-state index >= 15 is 0 Å². The van der Waals surface area contributed by atoms with Crippen molar-refractivity contribution >= 4 is 17.2 Å². The number of carbonyl (C=O) groups excluding carboxylic acids is 1. The fraction of sp³-hybridized carbons (Fsp3) is 0.583. The summed E-state index contributed by atoms with van der Waals surface area (Å²) >= 11 is 1.73. The molecule has 2 aliphatic heterocycles. The maximum atomic E-state index is 13.3. The Labute approximate surface area is 189 Å². The van der Waals surface area contributed by atoms with Crippen molar-refractivity contribution in [3.63, 3.8) is 0 Å². The summed E-state index contributed by atoms with van der Waals surface area (Å²) in [6.07, 6.45) is 5.27. The quantitative estimate of drug-likeness (QED) is 0.714. The third kappa shape index (κ3) is 5.45. The number of hydrogen-bond acceptors (Lipinski definition) is 6. The molecular weight excluding hydrogens is 410 g/mol. The minimum atomic E-state index is 0.0940. The number of hydrogen-bond donors (Lipinski definition) is 0. The van der Waals surface area contributed by atoms with Gasteiger partial charge in [-0.3, -0.25) is 9.69 Å². The number of aromatic nitrogens is 1. The molecule has 0 saturated carbocycles. The highest BCUT2D eigenvalue weighted by molar-refractivity contribution is 7.09. The van der Waals surface area contributed by atoms with Crippen LogP contribution in [-0.2, 0) is 11.3 Å². The smallest absolute Gasteiger partial charge is 0.254 e. The van der Waals surface area contributed by atoms with Gasteiger partial charge in [-0.05, 0) is 57.4 Å². The number of piperidine rings is 1. The number of rotatable bonds is 3. The van der Waals surface area contributed by atoms with Crippen LogP contribution in [0.2, 0.25) is 0 Å². The molecule has 6 nitrogen and oxygen atoms in total. The molecule has 4 rings (SSSR count). The molecule has 1 saturated heterocycles. The molecule has 2 aliphatic rings. The number of aryl methyl sites for hydroxylation is 1. The Morgan fingerprint density at radius 2 is 2.10 bits per heavy atom. The molecule has 1 aromatic carbocycles. The summed E-state index contributed by atoms with van der Waals surface area (Å²) in [4.78, 5) is 23.6. The van der Waals surface area contributed by atoms with Gasteiger partial charge in [-0.1, -0.05) is 12.5 Å². The van der Waals surface area contributed by atoms with Crippen molar-refractivity contribution < 1.29 is 14.3 Å². The molecule has 0 aliphatic carbocycles. The molecule has 0 spiro atoms. The molecule has 0 N–H and O–H groups in total. The summed E-state index contributed by atoms with van der Waals surface area (Å²) in [5.74, 6) is 0.852. The average molecular weight is 444 g/mol. The van der Waals surface area contributed by atoms with E-state index in [-0.39, 0.29) is 18.1 Å². The zero-order chi connectivity index (χ0) is 21.6. The van der Waals surface area contributed by atoms with E-state index in [0.29, 0.717) is 12.2 Å². The maximum absolute atomic E-state index is 13.3. The lowest BCUT2D eigenvalue weighted by Gasteiger charge is -2.41. The highest BCUT2D eigenvalue weighted by Crippen LogP contribution is 2.27. The van der Waals surface area contributed by atoms with Gasteiger partial charge in [0.25, 0.3) is 5.91 Å². The van der Waals surface area contributed by atoms with Gasteiger partial charge in [0.2, 0.25) is 0 Å². The van der Waals surface area contributed by atoms with Crippen LogP contribution in [-0.4, -0.2) is 66.2 Å². The topological polar surface area (TPSA) is 54.9 Å². The van der Waals surface area contributed by atoms with Crippen molar-refractivity contribution in [3.05, 3.63) is 45.9 Å². The number of amides is 1. The summed E-state index contributed by atoms with van der Waals surface area (Å²) in [5, 5.41) is 0. The van der Waals surface area contributed by atoms with E-state index in [1.807, 2.05) is 34.7 Å². The molecule has 2 aromatic rings. The first-order chi connectivity index (χ1) is 15.2. The van der Waals surface area contributed by atoms with Crippen LogP contribution < -0.4 is 4.74 Å².